The van der Waals surface area contributed by atoms with Crippen molar-refractivity contribution in [1.82, 2.24) is 0 Å². The first-order valence-electron chi connectivity index (χ1n) is 7.90. The molecule has 0 heterocycles. The number of hydrogen-bond donors (Lipinski definition) is 1. The van der Waals surface area contributed by atoms with Gasteiger partial charge in [0.15, 0.2) is 11.5 Å². The van der Waals surface area contributed by atoms with Gasteiger partial charge in [0, 0.05) is 17.8 Å². The van der Waals surface area contributed by atoms with Crippen molar-refractivity contribution in [3.8, 4) is 11.5 Å². The van der Waals surface area contributed by atoms with Crippen LogP contribution < -0.4 is 14.8 Å². The fourth-order valence-corrected chi connectivity index (χ4v) is 2.89. The van der Waals surface area contributed by atoms with E-state index >= 15 is 0 Å². The minimum absolute atomic E-state index is 0.580. The van der Waals surface area contributed by atoms with E-state index in [1.807, 2.05) is 19.9 Å². The second kappa shape index (κ2) is 7.41. The Kier molecular flexibility index (Phi) is 5.57. The third-order valence-corrected chi connectivity index (χ3v) is 4.01. The van der Waals surface area contributed by atoms with E-state index in [1.54, 1.807) is 0 Å². The van der Waals surface area contributed by atoms with Gasteiger partial charge in [0.05, 0.1) is 13.2 Å². The first-order chi connectivity index (χ1) is 9.74. The van der Waals surface area contributed by atoms with Gasteiger partial charge in [-0.05, 0) is 44.7 Å². The van der Waals surface area contributed by atoms with Crippen LogP contribution in [-0.4, -0.2) is 19.3 Å². The molecule has 3 heteroatoms. The molecule has 0 bridgehead atoms. The highest BCUT2D eigenvalue weighted by molar-refractivity contribution is 5.55. The molecule has 2 unspecified atom stereocenters. The third kappa shape index (κ3) is 3.81. The molecular weight excluding hydrogens is 250 g/mol. The Morgan fingerprint density at radius 2 is 1.75 bits per heavy atom. The highest BCUT2D eigenvalue weighted by atomic mass is 16.5. The second-order valence-electron chi connectivity index (χ2n) is 5.54. The van der Waals surface area contributed by atoms with E-state index in [0.717, 1.165) is 23.1 Å². The van der Waals surface area contributed by atoms with Gasteiger partial charge in [-0.1, -0.05) is 19.8 Å². The summed E-state index contributed by atoms with van der Waals surface area (Å²) < 4.78 is 11.3. The van der Waals surface area contributed by atoms with Crippen LogP contribution in [0.4, 0.5) is 5.69 Å². The maximum Gasteiger partial charge on any atom is 0.163 e. The van der Waals surface area contributed by atoms with Crippen LogP contribution in [0.15, 0.2) is 18.2 Å². The molecule has 1 aromatic carbocycles. The molecule has 0 radical (unpaired) electrons. The molecular formula is C17H27NO2. The van der Waals surface area contributed by atoms with E-state index in [4.69, 9.17) is 9.47 Å². The monoisotopic (exact) mass is 277 g/mol. The normalized spacial score (nSPS) is 22.4. The second-order valence-corrected chi connectivity index (χ2v) is 5.54. The third-order valence-electron chi connectivity index (χ3n) is 4.01. The van der Waals surface area contributed by atoms with Gasteiger partial charge in [-0.3, -0.25) is 0 Å². The van der Waals surface area contributed by atoms with Gasteiger partial charge < -0.3 is 14.8 Å². The largest absolute Gasteiger partial charge is 0.490 e. The minimum atomic E-state index is 0.580. The standard InChI is InChI=1S/C17H27NO2/c1-4-19-16-11-10-14(12-17(16)20-5-2)18-15-9-7-6-8-13(15)3/h10-13,15,18H,4-9H2,1-3H3. The lowest BCUT2D eigenvalue weighted by molar-refractivity contribution is 0.288. The lowest BCUT2D eigenvalue weighted by Gasteiger charge is -2.30. The summed E-state index contributed by atoms with van der Waals surface area (Å²) in [6.07, 6.45) is 5.29. The molecule has 0 aromatic heterocycles. The molecule has 3 nitrogen and oxygen atoms in total. The Morgan fingerprint density at radius 3 is 2.45 bits per heavy atom. The predicted octanol–water partition coefficient (Wildman–Crippen LogP) is 4.47. The number of nitrogens with one attached hydrogen (secondary N) is 1. The van der Waals surface area contributed by atoms with Crippen molar-refractivity contribution in [2.75, 3.05) is 18.5 Å². The Balaban J connectivity index is 2.09. The molecule has 1 aliphatic carbocycles. The Hall–Kier alpha value is -1.38. The number of hydrogen-bond acceptors (Lipinski definition) is 3. The number of rotatable bonds is 6. The van der Waals surface area contributed by atoms with Crippen molar-refractivity contribution < 1.29 is 9.47 Å². The van der Waals surface area contributed by atoms with Crippen molar-refractivity contribution in [2.24, 2.45) is 5.92 Å². The summed E-state index contributed by atoms with van der Waals surface area (Å²) in [5.41, 5.74) is 1.13. The van der Waals surface area contributed by atoms with E-state index < -0.39 is 0 Å². The van der Waals surface area contributed by atoms with Gasteiger partial charge in [0.2, 0.25) is 0 Å². The molecule has 0 spiro atoms. The molecule has 0 aliphatic heterocycles. The zero-order valence-corrected chi connectivity index (χ0v) is 12.9. The zero-order valence-electron chi connectivity index (χ0n) is 12.9. The first-order valence-corrected chi connectivity index (χ1v) is 7.90. The number of benzene rings is 1. The highest BCUT2D eigenvalue weighted by Gasteiger charge is 2.21. The lowest BCUT2D eigenvalue weighted by Crippen LogP contribution is -2.30. The molecule has 1 aromatic rings. The van der Waals surface area contributed by atoms with Crippen molar-refractivity contribution >= 4 is 5.69 Å². The van der Waals surface area contributed by atoms with Crippen LogP contribution in [0.5, 0.6) is 11.5 Å². The molecule has 2 rings (SSSR count). The Labute approximate surface area is 122 Å². The predicted molar refractivity (Wildman–Crippen MR) is 83.8 cm³/mol. The van der Waals surface area contributed by atoms with E-state index in [2.05, 4.69) is 24.4 Å². The van der Waals surface area contributed by atoms with Crippen LogP contribution in [0.1, 0.15) is 46.5 Å². The highest BCUT2D eigenvalue weighted by Crippen LogP contribution is 2.33. The molecule has 1 saturated carbocycles. The van der Waals surface area contributed by atoms with Crippen LogP contribution in [0.3, 0.4) is 0 Å². The van der Waals surface area contributed by atoms with Gasteiger partial charge in [-0.2, -0.15) is 0 Å². The minimum Gasteiger partial charge on any atom is -0.490 e. The van der Waals surface area contributed by atoms with E-state index in [1.165, 1.54) is 25.7 Å². The number of ether oxygens (including phenoxy) is 2. The molecule has 1 aliphatic rings. The summed E-state index contributed by atoms with van der Waals surface area (Å²) in [5, 5.41) is 3.66. The van der Waals surface area contributed by atoms with E-state index in [0.29, 0.717) is 19.3 Å². The van der Waals surface area contributed by atoms with Crippen LogP contribution in [0.2, 0.25) is 0 Å². The van der Waals surface area contributed by atoms with Crippen molar-refractivity contribution in [1.29, 1.82) is 0 Å². The van der Waals surface area contributed by atoms with Gasteiger partial charge in [0.25, 0.3) is 0 Å². The number of anilines is 1. The molecule has 0 amide bonds. The SMILES string of the molecule is CCOc1ccc(NC2CCCCC2C)cc1OCC. The van der Waals surface area contributed by atoms with Crippen LogP contribution in [0.25, 0.3) is 0 Å². The van der Waals surface area contributed by atoms with E-state index in [-0.39, 0.29) is 0 Å². The van der Waals surface area contributed by atoms with Crippen molar-refractivity contribution in [3.63, 3.8) is 0 Å². The molecule has 112 valence electrons. The molecule has 1 fully saturated rings. The van der Waals surface area contributed by atoms with Crippen LogP contribution in [-0.2, 0) is 0 Å². The summed E-state index contributed by atoms with van der Waals surface area (Å²) >= 11 is 0. The maximum absolute atomic E-state index is 5.68. The van der Waals surface area contributed by atoms with Gasteiger partial charge in [0.1, 0.15) is 0 Å². The zero-order chi connectivity index (χ0) is 14.4. The van der Waals surface area contributed by atoms with Gasteiger partial charge >= 0.3 is 0 Å². The summed E-state index contributed by atoms with van der Waals surface area (Å²) in [4.78, 5) is 0. The smallest absolute Gasteiger partial charge is 0.163 e. The molecule has 0 saturated heterocycles. The first kappa shape index (κ1) is 15.0. The molecule has 1 N–H and O–H groups in total. The Bertz CT molecular complexity index is 419. The topological polar surface area (TPSA) is 30.5 Å². The molecule has 2 atom stereocenters. The quantitative estimate of drug-likeness (QED) is 0.832. The average molecular weight is 277 g/mol. The summed E-state index contributed by atoms with van der Waals surface area (Å²) in [6, 6.07) is 6.74. The van der Waals surface area contributed by atoms with Gasteiger partial charge in [-0.25, -0.2) is 0 Å². The molecule has 20 heavy (non-hydrogen) atoms. The summed E-state index contributed by atoms with van der Waals surface area (Å²) in [5.74, 6) is 2.41. The average Bonchev–Trinajstić information content (AvgIpc) is 2.45. The lowest BCUT2D eigenvalue weighted by atomic mass is 9.86. The summed E-state index contributed by atoms with van der Waals surface area (Å²) in [7, 11) is 0. The van der Waals surface area contributed by atoms with Crippen molar-refractivity contribution in [3.05, 3.63) is 18.2 Å². The van der Waals surface area contributed by atoms with Crippen LogP contribution in [0, 0.1) is 5.92 Å². The van der Waals surface area contributed by atoms with Gasteiger partial charge in [-0.15, -0.1) is 0 Å². The van der Waals surface area contributed by atoms with Crippen molar-refractivity contribution in [2.45, 2.75) is 52.5 Å². The van der Waals surface area contributed by atoms with Crippen LogP contribution >= 0.6 is 0 Å². The fraction of sp³-hybridized carbons (Fsp3) is 0.647. The van der Waals surface area contributed by atoms with E-state index in [9.17, 15) is 0 Å². The summed E-state index contributed by atoms with van der Waals surface area (Å²) in [6.45, 7) is 7.65. The fourth-order valence-electron chi connectivity index (χ4n) is 2.89. The maximum atomic E-state index is 5.68. The Morgan fingerprint density at radius 1 is 1.05 bits per heavy atom.